The van der Waals surface area contributed by atoms with Crippen molar-refractivity contribution >= 4 is 34.0 Å². The summed E-state index contributed by atoms with van der Waals surface area (Å²) < 4.78 is 5.78. The number of thioether (sulfide) groups is 1. The smallest absolute Gasteiger partial charge is 0.126 e. The van der Waals surface area contributed by atoms with Gasteiger partial charge >= 0.3 is 0 Å². The van der Waals surface area contributed by atoms with Crippen molar-refractivity contribution in [3.8, 4) is 11.8 Å². The van der Waals surface area contributed by atoms with E-state index in [1.54, 1.807) is 0 Å². The first-order chi connectivity index (χ1) is 11.7. The number of aromatic nitrogens is 1. The second-order valence-electron chi connectivity index (χ2n) is 5.13. The number of nitrogen functional groups attached to an aromatic ring is 2. The number of anilines is 2. The number of fused-ring (bicyclic) bond motifs is 1. The van der Waals surface area contributed by atoms with Gasteiger partial charge < -0.3 is 16.2 Å². The zero-order chi connectivity index (χ0) is 16.9. The van der Waals surface area contributed by atoms with E-state index < -0.39 is 0 Å². The van der Waals surface area contributed by atoms with Crippen LogP contribution in [0.1, 0.15) is 5.56 Å². The Morgan fingerprint density at radius 1 is 1.08 bits per heavy atom. The van der Waals surface area contributed by atoms with E-state index in [9.17, 15) is 0 Å². The summed E-state index contributed by atoms with van der Waals surface area (Å²) in [6.07, 6.45) is 0. The van der Waals surface area contributed by atoms with E-state index >= 15 is 0 Å². The van der Waals surface area contributed by atoms with Crippen LogP contribution in [0, 0.1) is 11.3 Å². The van der Waals surface area contributed by atoms with Crippen molar-refractivity contribution in [2.75, 3.05) is 23.8 Å². The standard InChI is InChI=1S/C18H16N4OS/c19-11-15-16(20)10-17(21)22-18(15)24-8-7-23-14-6-5-12-3-1-2-4-13(12)9-14/h1-6,9-10H,7-8H2,(H4,20,21,22). The molecule has 0 aliphatic heterocycles. The van der Waals surface area contributed by atoms with Crippen LogP contribution < -0.4 is 16.2 Å². The van der Waals surface area contributed by atoms with E-state index in [1.165, 1.54) is 23.2 Å². The zero-order valence-corrected chi connectivity index (χ0v) is 13.7. The fourth-order valence-corrected chi connectivity index (χ4v) is 3.17. The number of hydrogen-bond acceptors (Lipinski definition) is 6. The van der Waals surface area contributed by atoms with Crippen molar-refractivity contribution in [2.45, 2.75) is 5.03 Å². The normalized spacial score (nSPS) is 10.5. The highest BCUT2D eigenvalue weighted by Crippen LogP contribution is 2.26. The molecular formula is C18H16N4OS. The van der Waals surface area contributed by atoms with E-state index in [-0.39, 0.29) is 0 Å². The summed E-state index contributed by atoms with van der Waals surface area (Å²) in [4.78, 5) is 4.17. The lowest BCUT2D eigenvalue weighted by molar-refractivity contribution is 0.344. The van der Waals surface area contributed by atoms with E-state index in [0.717, 1.165) is 11.1 Å². The summed E-state index contributed by atoms with van der Waals surface area (Å²) in [7, 11) is 0. The summed E-state index contributed by atoms with van der Waals surface area (Å²) in [6.45, 7) is 0.490. The molecule has 0 fully saturated rings. The van der Waals surface area contributed by atoms with Gasteiger partial charge in [-0.2, -0.15) is 5.26 Å². The molecule has 120 valence electrons. The first kappa shape index (κ1) is 16.0. The Hall–Kier alpha value is -2.91. The maximum absolute atomic E-state index is 9.17. The third kappa shape index (κ3) is 3.53. The Balaban J connectivity index is 1.62. The first-order valence-electron chi connectivity index (χ1n) is 7.38. The van der Waals surface area contributed by atoms with Crippen LogP contribution in [-0.4, -0.2) is 17.3 Å². The molecule has 0 saturated heterocycles. The number of ether oxygens (including phenoxy) is 1. The van der Waals surface area contributed by atoms with Crippen LogP contribution in [0.2, 0.25) is 0 Å². The summed E-state index contributed by atoms with van der Waals surface area (Å²) in [5, 5.41) is 12.0. The number of rotatable bonds is 5. The highest BCUT2D eigenvalue weighted by Gasteiger charge is 2.10. The van der Waals surface area contributed by atoms with Crippen molar-refractivity contribution in [2.24, 2.45) is 0 Å². The Kier molecular flexibility index (Phi) is 4.73. The van der Waals surface area contributed by atoms with E-state index in [4.69, 9.17) is 21.5 Å². The van der Waals surface area contributed by atoms with E-state index in [1.807, 2.05) is 30.3 Å². The minimum atomic E-state index is 0.310. The molecule has 0 aliphatic carbocycles. The number of benzene rings is 2. The van der Waals surface area contributed by atoms with Gasteiger partial charge in [0.15, 0.2) is 0 Å². The fourth-order valence-electron chi connectivity index (χ4n) is 2.33. The quantitative estimate of drug-likeness (QED) is 0.547. The topological polar surface area (TPSA) is 98.0 Å². The van der Waals surface area contributed by atoms with Gasteiger partial charge in [-0.25, -0.2) is 4.98 Å². The van der Waals surface area contributed by atoms with Crippen molar-refractivity contribution < 1.29 is 4.74 Å². The van der Waals surface area contributed by atoms with Gasteiger partial charge in [0, 0.05) is 11.8 Å². The van der Waals surface area contributed by atoms with Crippen molar-refractivity contribution in [1.82, 2.24) is 4.98 Å². The van der Waals surface area contributed by atoms with Crippen LogP contribution >= 0.6 is 11.8 Å². The lowest BCUT2D eigenvalue weighted by Gasteiger charge is -2.09. The molecule has 0 atom stereocenters. The number of nitriles is 1. The molecule has 5 nitrogen and oxygen atoms in total. The number of hydrogen-bond donors (Lipinski definition) is 2. The SMILES string of the molecule is N#Cc1c(N)cc(N)nc1SCCOc1ccc2ccccc2c1. The molecule has 2 aromatic carbocycles. The molecule has 0 amide bonds. The van der Waals surface area contributed by atoms with Gasteiger partial charge in [0.25, 0.3) is 0 Å². The second-order valence-corrected chi connectivity index (χ2v) is 6.22. The molecule has 0 aliphatic rings. The third-order valence-corrected chi connectivity index (χ3v) is 4.40. The monoisotopic (exact) mass is 336 g/mol. The van der Waals surface area contributed by atoms with Crippen molar-refractivity contribution in [3.05, 3.63) is 54.1 Å². The minimum Gasteiger partial charge on any atom is -0.493 e. The van der Waals surface area contributed by atoms with Gasteiger partial charge in [-0.1, -0.05) is 30.3 Å². The zero-order valence-electron chi connectivity index (χ0n) is 12.9. The Morgan fingerprint density at radius 3 is 2.67 bits per heavy atom. The summed E-state index contributed by atoms with van der Waals surface area (Å²) in [5.74, 6) is 1.76. The van der Waals surface area contributed by atoms with Gasteiger partial charge in [0.2, 0.25) is 0 Å². The Labute approximate surface area is 144 Å². The molecule has 24 heavy (non-hydrogen) atoms. The van der Waals surface area contributed by atoms with Crippen LogP contribution in [0.4, 0.5) is 11.5 Å². The number of nitrogens with two attached hydrogens (primary N) is 2. The molecular weight excluding hydrogens is 320 g/mol. The number of pyridine rings is 1. The number of nitrogens with zero attached hydrogens (tertiary/aromatic N) is 2. The van der Waals surface area contributed by atoms with Crippen LogP contribution in [0.15, 0.2) is 53.6 Å². The van der Waals surface area contributed by atoms with Gasteiger partial charge in [0.1, 0.15) is 28.2 Å². The van der Waals surface area contributed by atoms with Crippen molar-refractivity contribution in [3.63, 3.8) is 0 Å². The van der Waals surface area contributed by atoms with Crippen molar-refractivity contribution in [1.29, 1.82) is 5.26 Å². The van der Waals surface area contributed by atoms with Crippen LogP contribution in [0.25, 0.3) is 10.8 Å². The maximum atomic E-state index is 9.17. The molecule has 6 heteroatoms. The van der Waals surface area contributed by atoms with Gasteiger partial charge in [-0.15, -0.1) is 11.8 Å². The predicted molar refractivity (Wildman–Crippen MR) is 97.9 cm³/mol. The summed E-state index contributed by atoms with van der Waals surface area (Å²) in [6, 6.07) is 17.7. The average molecular weight is 336 g/mol. The largest absolute Gasteiger partial charge is 0.493 e. The molecule has 1 heterocycles. The first-order valence-corrected chi connectivity index (χ1v) is 8.36. The summed E-state index contributed by atoms with van der Waals surface area (Å²) in [5.41, 5.74) is 12.2. The lowest BCUT2D eigenvalue weighted by atomic mass is 10.1. The Morgan fingerprint density at radius 2 is 1.88 bits per heavy atom. The second kappa shape index (κ2) is 7.11. The van der Waals surface area contributed by atoms with E-state index in [2.05, 4.69) is 23.2 Å². The highest BCUT2D eigenvalue weighted by molar-refractivity contribution is 7.99. The van der Waals surface area contributed by atoms with Crippen LogP contribution in [0.5, 0.6) is 5.75 Å². The lowest BCUT2D eigenvalue weighted by Crippen LogP contribution is -2.03. The molecule has 0 radical (unpaired) electrons. The molecule has 0 saturated carbocycles. The van der Waals surface area contributed by atoms with Gasteiger partial charge in [0.05, 0.1) is 12.3 Å². The summed E-state index contributed by atoms with van der Waals surface area (Å²) >= 11 is 1.40. The highest BCUT2D eigenvalue weighted by atomic mass is 32.2. The Bertz CT molecular complexity index is 921. The molecule has 3 aromatic rings. The van der Waals surface area contributed by atoms with E-state index in [0.29, 0.717) is 34.5 Å². The molecule has 4 N–H and O–H groups in total. The molecule has 1 aromatic heterocycles. The van der Waals surface area contributed by atoms with Crippen LogP contribution in [-0.2, 0) is 0 Å². The fraction of sp³-hybridized carbons (Fsp3) is 0.111. The minimum absolute atomic E-state index is 0.310. The average Bonchev–Trinajstić information content (AvgIpc) is 2.58. The molecule has 0 unspecified atom stereocenters. The maximum Gasteiger partial charge on any atom is 0.126 e. The molecule has 0 spiro atoms. The van der Waals surface area contributed by atoms with Gasteiger partial charge in [-0.05, 0) is 22.9 Å². The third-order valence-electron chi connectivity index (χ3n) is 3.46. The van der Waals surface area contributed by atoms with Crippen LogP contribution in [0.3, 0.4) is 0 Å². The predicted octanol–water partition coefficient (Wildman–Crippen LogP) is 3.44. The van der Waals surface area contributed by atoms with Gasteiger partial charge in [-0.3, -0.25) is 0 Å². The molecule has 3 rings (SSSR count). The molecule has 0 bridgehead atoms.